The molecule has 1 aromatic rings. The molecule has 22 heavy (non-hydrogen) atoms. The number of ether oxygens (including phenoxy) is 1. The SMILES string of the molecule is CCOC(=O)CCc1ccccc1B1OC(C)(C)C(C)(C)O1. The molecule has 1 aliphatic rings. The highest BCUT2D eigenvalue weighted by molar-refractivity contribution is 6.62. The van der Waals surface area contributed by atoms with Crippen molar-refractivity contribution in [2.45, 2.75) is 58.7 Å². The van der Waals surface area contributed by atoms with Gasteiger partial charge in [-0.2, -0.15) is 0 Å². The molecule has 1 aromatic carbocycles. The molecule has 0 atom stereocenters. The van der Waals surface area contributed by atoms with Gasteiger partial charge in [0.1, 0.15) is 0 Å². The maximum absolute atomic E-state index is 11.6. The quantitative estimate of drug-likeness (QED) is 0.619. The minimum atomic E-state index is -0.400. The maximum atomic E-state index is 11.6. The Kier molecular flexibility index (Phi) is 4.98. The van der Waals surface area contributed by atoms with E-state index in [2.05, 4.69) is 0 Å². The Morgan fingerprint density at radius 3 is 2.32 bits per heavy atom. The molecule has 0 aromatic heterocycles. The first-order valence-electron chi connectivity index (χ1n) is 7.86. The number of aryl methyl sites for hydroxylation is 1. The zero-order valence-corrected chi connectivity index (χ0v) is 14.1. The van der Waals surface area contributed by atoms with E-state index in [1.54, 1.807) is 0 Å². The molecule has 4 nitrogen and oxygen atoms in total. The lowest BCUT2D eigenvalue weighted by molar-refractivity contribution is -0.143. The standard InChI is InChI=1S/C17H25BO4/c1-6-20-15(19)12-11-13-9-7-8-10-14(13)18-21-16(2,3)17(4,5)22-18/h7-10H,6,11-12H2,1-5H3. The molecule has 2 rings (SSSR count). The minimum Gasteiger partial charge on any atom is -0.466 e. The molecule has 5 heteroatoms. The normalized spacial score (nSPS) is 19.2. The number of hydrogen-bond donors (Lipinski definition) is 0. The molecular formula is C17H25BO4. The van der Waals surface area contributed by atoms with E-state index < -0.39 is 7.12 Å². The second-order valence-corrected chi connectivity index (χ2v) is 6.59. The van der Waals surface area contributed by atoms with Crippen LogP contribution in [0.2, 0.25) is 0 Å². The van der Waals surface area contributed by atoms with Crippen molar-refractivity contribution in [2.75, 3.05) is 6.61 Å². The van der Waals surface area contributed by atoms with Gasteiger partial charge in [-0.25, -0.2) is 0 Å². The van der Waals surface area contributed by atoms with Crippen molar-refractivity contribution in [2.24, 2.45) is 0 Å². The fourth-order valence-electron chi connectivity index (χ4n) is 2.43. The summed E-state index contributed by atoms with van der Waals surface area (Å²) in [5.41, 5.74) is 1.32. The van der Waals surface area contributed by atoms with Crippen molar-refractivity contribution in [3.05, 3.63) is 29.8 Å². The third-order valence-corrected chi connectivity index (χ3v) is 4.47. The molecule has 0 aliphatic carbocycles. The van der Waals surface area contributed by atoms with Gasteiger partial charge in [-0.05, 0) is 52.1 Å². The molecule has 1 heterocycles. The molecule has 0 unspecified atom stereocenters. The number of carbonyl (C=O) groups is 1. The fraction of sp³-hybridized carbons (Fsp3) is 0.588. The summed E-state index contributed by atoms with van der Waals surface area (Å²) < 4.78 is 17.2. The van der Waals surface area contributed by atoms with Gasteiger partial charge in [-0.1, -0.05) is 24.3 Å². The minimum absolute atomic E-state index is 0.175. The largest absolute Gasteiger partial charge is 0.495 e. The molecule has 0 radical (unpaired) electrons. The summed E-state index contributed by atoms with van der Waals surface area (Å²) in [6.45, 7) is 10.4. The second-order valence-electron chi connectivity index (χ2n) is 6.59. The van der Waals surface area contributed by atoms with Crippen molar-refractivity contribution in [3.8, 4) is 0 Å². The van der Waals surface area contributed by atoms with Crippen LogP contribution in [-0.2, 0) is 25.3 Å². The van der Waals surface area contributed by atoms with Crippen LogP contribution in [-0.4, -0.2) is 30.9 Å². The summed E-state index contributed by atoms with van der Waals surface area (Å²) in [6.07, 6.45) is 0.990. The lowest BCUT2D eigenvalue weighted by Gasteiger charge is -2.32. The molecule has 0 spiro atoms. The molecule has 120 valence electrons. The van der Waals surface area contributed by atoms with Gasteiger partial charge in [-0.3, -0.25) is 4.79 Å². The molecule has 0 amide bonds. The zero-order chi connectivity index (χ0) is 16.4. The van der Waals surface area contributed by atoms with Gasteiger partial charge < -0.3 is 14.0 Å². The van der Waals surface area contributed by atoms with E-state index in [9.17, 15) is 4.79 Å². The van der Waals surface area contributed by atoms with Gasteiger partial charge >= 0.3 is 13.1 Å². The van der Waals surface area contributed by atoms with Crippen LogP contribution in [0.15, 0.2) is 24.3 Å². The average molecular weight is 304 g/mol. The van der Waals surface area contributed by atoms with E-state index in [4.69, 9.17) is 14.0 Å². The third-order valence-electron chi connectivity index (χ3n) is 4.47. The van der Waals surface area contributed by atoms with Crippen LogP contribution in [0.3, 0.4) is 0 Å². The Bertz CT molecular complexity index is 523. The highest BCUT2D eigenvalue weighted by atomic mass is 16.7. The van der Waals surface area contributed by atoms with Gasteiger partial charge in [0.15, 0.2) is 0 Å². The summed E-state index contributed by atoms with van der Waals surface area (Å²) in [6, 6.07) is 7.95. The summed E-state index contributed by atoms with van der Waals surface area (Å²) in [4.78, 5) is 11.6. The Hall–Kier alpha value is -1.33. The molecule has 0 N–H and O–H groups in total. The van der Waals surface area contributed by atoms with Crippen LogP contribution < -0.4 is 5.46 Å². The highest BCUT2D eigenvalue weighted by Crippen LogP contribution is 2.36. The van der Waals surface area contributed by atoms with Gasteiger partial charge in [0.2, 0.25) is 0 Å². The maximum Gasteiger partial charge on any atom is 0.495 e. The highest BCUT2D eigenvalue weighted by Gasteiger charge is 2.52. The average Bonchev–Trinajstić information content (AvgIpc) is 2.66. The first-order chi connectivity index (χ1) is 10.3. The zero-order valence-electron chi connectivity index (χ0n) is 14.1. The summed E-state index contributed by atoms with van der Waals surface area (Å²) in [7, 11) is -0.400. The van der Waals surface area contributed by atoms with Crippen LogP contribution in [0.1, 0.15) is 46.6 Å². The predicted octanol–water partition coefficient (Wildman–Crippen LogP) is 2.48. The first-order valence-corrected chi connectivity index (χ1v) is 7.86. The third kappa shape index (κ3) is 3.53. The Morgan fingerprint density at radius 1 is 1.14 bits per heavy atom. The predicted molar refractivity (Wildman–Crippen MR) is 87.1 cm³/mol. The van der Waals surface area contributed by atoms with Crippen LogP contribution >= 0.6 is 0 Å². The van der Waals surface area contributed by atoms with Gasteiger partial charge in [0.05, 0.1) is 17.8 Å². The molecule has 0 bridgehead atoms. The molecule has 1 fully saturated rings. The monoisotopic (exact) mass is 304 g/mol. The summed E-state index contributed by atoms with van der Waals surface area (Å²) in [5, 5.41) is 0. The van der Waals surface area contributed by atoms with Crippen LogP contribution in [0.25, 0.3) is 0 Å². The number of carbonyl (C=O) groups excluding carboxylic acids is 1. The number of benzene rings is 1. The topological polar surface area (TPSA) is 44.8 Å². The number of hydrogen-bond acceptors (Lipinski definition) is 4. The van der Waals surface area contributed by atoms with Gasteiger partial charge in [0, 0.05) is 6.42 Å². The Balaban J connectivity index is 2.14. The molecule has 0 saturated carbocycles. The van der Waals surface area contributed by atoms with Crippen LogP contribution in [0.5, 0.6) is 0 Å². The summed E-state index contributed by atoms with van der Waals surface area (Å²) in [5.74, 6) is -0.175. The van der Waals surface area contributed by atoms with Gasteiger partial charge in [-0.15, -0.1) is 0 Å². The van der Waals surface area contributed by atoms with Crippen molar-refractivity contribution in [1.82, 2.24) is 0 Å². The van der Waals surface area contributed by atoms with Crippen molar-refractivity contribution in [1.29, 1.82) is 0 Å². The van der Waals surface area contributed by atoms with E-state index >= 15 is 0 Å². The van der Waals surface area contributed by atoms with E-state index in [0.29, 0.717) is 19.4 Å². The van der Waals surface area contributed by atoms with E-state index in [1.165, 1.54) is 0 Å². The van der Waals surface area contributed by atoms with Crippen molar-refractivity contribution in [3.63, 3.8) is 0 Å². The van der Waals surface area contributed by atoms with E-state index in [1.807, 2.05) is 58.9 Å². The smallest absolute Gasteiger partial charge is 0.466 e. The number of esters is 1. The molecular weight excluding hydrogens is 279 g/mol. The van der Waals surface area contributed by atoms with Crippen LogP contribution in [0.4, 0.5) is 0 Å². The van der Waals surface area contributed by atoms with Crippen molar-refractivity contribution < 1.29 is 18.8 Å². The van der Waals surface area contributed by atoms with Crippen LogP contribution in [0, 0.1) is 0 Å². The van der Waals surface area contributed by atoms with Gasteiger partial charge in [0.25, 0.3) is 0 Å². The Morgan fingerprint density at radius 2 is 1.73 bits per heavy atom. The first kappa shape index (κ1) is 17.0. The fourth-order valence-corrected chi connectivity index (χ4v) is 2.43. The van der Waals surface area contributed by atoms with E-state index in [0.717, 1.165) is 11.0 Å². The number of rotatable bonds is 5. The van der Waals surface area contributed by atoms with Crippen molar-refractivity contribution >= 4 is 18.6 Å². The lowest BCUT2D eigenvalue weighted by Crippen LogP contribution is -2.41. The van der Waals surface area contributed by atoms with E-state index in [-0.39, 0.29) is 17.2 Å². The Labute approximate surface area is 133 Å². The molecule has 1 saturated heterocycles. The molecule has 1 aliphatic heterocycles. The lowest BCUT2D eigenvalue weighted by atomic mass is 9.75. The summed E-state index contributed by atoms with van der Waals surface area (Å²) >= 11 is 0. The second kappa shape index (κ2) is 6.43.